The maximum absolute atomic E-state index is 13.5. The molecule has 0 unspecified atom stereocenters. The van der Waals surface area contributed by atoms with Crippen LogP contribution in [-0.4, -0.2) is 26.7 Å². The van der Waals surface area contributed by atoms with E-state index in [0.29, 0.717) is 17.0 Å². The normalized spacial score (nSPS) is 11.2. The average Bonchev–Trinajstić information content (AvgIpc) is 2.93. The fourth-order valence-corrected chi connectivity index (χ4v) is 3.63. The maximum atomic E-state index is 13.5. The smallest absolute Gasteiger partial charge is 0.265 e. The third kappa shape index (κ3) is 6.16. The van der Waals surface area contributed by atoms with Gasteiger partial charge in [-0.2, -0.15) is 0 Å². The van der Waals surface area contributed by atoms with Crippen molar-refractivity contribution in [2.45, 2.75) is 13.1 Å². The van der Waals surface area contributed by atoms with Crippen LogP contribution in [0.5, 0.6) is 0 Å². The van der Waals surface area contributed by atoms with Crippen molar-refractivity contribution in [3.63, 3.8) is 0 Å². The van der Waals surface area contributed by atoms with Crippen LogP contribution in [0.3, 0.4) is 0 Å². The minimum atomic E-state index is -1.05. The third-order valence-corrected chi connectivity index (χ3v) is 5.59. The molecule has 8 nitrogen and oxygen atoms in total. The van der Waals surface area contributed by atoms with Crippen LogP contribution in [0, 0.1) is 11.6 Å². The minimum absolute atomic E-state index is 0.112. The molecule has 4 rings (SSSR count). The molecule has 4 N–H and O–H groups in total. The quantitative estimate of drug-likeness (QED) is 0.175. The topological polar surface area (TPSA) is 113 Å². The van der Waals surface area contributed by atoms with Crippen LogP contribution in [0.1, 0.15) is 11.1 Å². The highest BCUT2D eigenvalue weighted by Gasteiger charge is 2.23. The molecular weight excluding hydrogens is 490 g/mol. The number of nitrogens with zero attached hydrogens (tertiary/aromatic N) is 3. The molecule has 0 aliphatic heterocycles. The van der Waals surface area contributed by atoms with E-state index in [1.165, 1.54) is 12.3 Å². The lowest BCUT2D eigenvalue weighted by Gasteiger charge is -2.19. The number of hydrogen-bond donors (Lipinski definition) is 3. The van der Waals surface area contributed by atoms with Gasteiger partial charge in [0.2, 0.25) is 5.95 Å². The molecule has 38 heavy (non-hydrogen) atoms. The lowest BCUT2D eigenvalue weighted by molar-refractivity contribution is -0.128. The molecule has 192 valence electrons. The number of para-hydroxylation sites is 1. The van der Waals surface area contributed by atoms with Crippen LogP contribution in [-0.2, 0) is 22.7 Å². The number of aromatic nitrogens is 2. The first kappa shape index (κ1) is 26.0. The highest BCUT2D eigenvalue weighted by atomic mass is 19.2. The van der Waals surface area contributed by atoms with E-state index < -0.39 is 23.4 Å². The summed E-state index contributed by atoms with van der Waals surface area (Å²) in [6, 6.07) is 18.2. The van der Waals surface area contributed by atoms with E-state index >= 15 is 0 Å². The number of hydrogen-bond acceptors (Lipinski definition) is 6. The van der Waals surface area contributed by atoms with Crippen LogP contribution in [0.25, 0.3) is 10.9 Å². The first-order valence-electron chi connectivity index (χ1n) is 11.5. The summed E-state index contributed by atoms with van der Waals surface area (Å²) in [6.07, 6.45) is 3.76. The Morgan fingerprint density at radius 1 is 1.00 bits per heavy atom. The van der Waals surface area contributed by atoms with E-state index in [1.807, 2.05) is 36.4 Å². The molecule has 0 radical (unpaired) electrons. The summed E-state index contributed by atoms with van der Waals surface area (Å²) in [5.41, 5.74) is 7.90. The van der Waals surface area contributed by atoms with Crippen molar-refractivity contribution in [2.24, 2.45) is 5.73 Å². The molecule has 0 bridgehead atoms. The van der Waals surface area contributed by atoms with E-state index in [9.17, 15) is 18.4 Å². The predicted molar refractivity (Wildman–Crippen MR) is 140 cm³/mol. The van der Waals surface area contributed by atoms with E-state index in [-0.39, 0.29) is 18.7 Å². The molecule has 0 aliphatic rings. The number of carbonyl (C=O) groups excluding carboxylic acids is 2. The van der Waals surface area contributed by atoms with Gasteiger partial charge in [0.15, 0.2) is 11.6 Å². The van der Waals surface area contributed by atoms with Gasteiger partial charge < -0.3 is 21.3 Å². The average molecular weight is 515 g/mol. The fourth-order valence-electron chi connectivity index (χ4n) is 3.63. The van der Waals surface area contributed by atoms with Crippen molar-refractivity contribution in [1.82, 2.24) is 20.2 Å². The summed E-state index contributed by atoms with van der Waals surface area (Å²) >= 11 is 0. The second kappa shape index (κ2) is 11.7. The van der Waals surface area contributed by atoms with Gasteiger partial charge in [-0.3, -0.25) is 9.59 Å². The van der Waals surface area contributed by atoms with Gasteiger partial charge in [0.05, 0.1) is 12.1 Å². The van der Waals surface area contributed by atoms with E-state index in [2.05, 4.69) is 27.2 Å². The molecule has 0 fully saturated rings. The lowest BCUT2D eigenvalue weighted by Crippen LogP contribution is -2.35. The lowest BCUT2D eigenvalue weighted by atomic mass is 10.1. The molecule has 1 heterocycles. The number of fused-ring (bicyclic) bond motifs is 1. The van der Waals surface area contributed by atoms with Crippen LogP contribution < -0.4 is 16.4 Å². The molecule has 2 amide bonds. The maximum Gasteiger partial charge on any atom is 0.265 e. The zero-order valence-electron chi connectivity index (χ0n) is 20.2. The molecular formula is C28H24F2N6O2. The van der Waals surface area contributed by atoms with Gasteiger partial charge in [-0.1, -0.05) is 36.9 Å². The van der Waals surface area contributed by atoms with Gasteiger partial charge in [-0.15, -0.1) is 0 Å². The fraction of sp³-hybridized carbons (Fsp3) is 0.0714. The van der Waals surface area contributed by atoms with Crippen LogP contribution in [0.2, 0.25) is 0 Å². The summed E-state index contributed by atoms with van der Waals surface area (Å²) in [4.78, 5) is 35.6. The highest BCUT2D eigenvalue weighted by molar-refractivity contribution is 6.18. The highest BCUT2D eigenvalue weighted by Crippen LogP contribution is 2.18. The van der Waals surface area contributed by atoms with Gasteiger partial charge >= 0.3 is 0 Å². The molecule has 0 aliphatic carbocycles. The van der Waals surface area contributed by atoms with Crippen LogP contribution in [0.15, 0.2) is 97.5 Å². The number of benzene rings is 3. The monoisotopic (exact) mass is 514 g/mol. The van der Waals surface area contributed by atoms with Gasteiger partial charge in [-0.05, 0) is 47.5 Å². The van der Waals surface area contributed by atoms with Crippen LogP contribution >= 0.6 is 0 Å². The summed E-state index contributed by atoms with van der Waals surface area (Å²) < 4.78 is 26.8. The van der Waals surface area contributed by atoms with Crippen molar-refractivity contribution in [2.75, 3.05) is 5.32 Å². The Morgan fingerprint density at radius 3 is 2.47 bits per heavy atom. The Kier molecular flexibility index (Phi) is 8.02. The SMILES string of the molecule is C=CN(Cc1ccc(F)c(F)c1)C(=O)/C(=C\N)C(=O)NCc1ccc2nc(Nc3ccccc3)ncc2c1. The van der Waals surface area contributed by atoms with Crippen molar-refractivity contribution in [3.8, 4) is 0 Å². The first-order valence-corrected chi connectivity index (χ1v) is 11.5. The number of amides is 2. The Labute approximate surface area is 217 Å². The number of carbonyl (C=O) groups is 2. The zero-order valence-corrected chi connectivity index (χ0v) is 20.2. The Morgan fingerprint density at radius 2 is 1.76 bits per heavy atom. The summed E-state index contributed by atoms with van der Waals surface area (Å²) in [5, 5.41) is 6.58. The Hall–Kier alpha value is -5.12. The number of anilines is 2. The van der Waals surface area contributed by atoms with Crippen molar-refractivity contribution in [3.05, 3.63) is 120 Å². The van der Waals surface area contributed by atoms with Gasteiger partial charge in [0.1, 0.15) is 5.57 Å². The number of rotatable bonds is 9. The van der Waals surface area contributed by atoms with Crippen molar-refractivity contribution < 1.29 is 18.4 Å². The van der Waals surface area contributed by atoms with Crippen LogP contribution in [0.4, 0.5) is 20.4 Å². The van der Waals surface area contributed by atoms with Gasteiger partial charge in [0, 0.05) is 36.2 Å². The molecule has 0 saturated carbocycles. The first-order chi connectivity index (χ1) is 18.4. The molecule has 3 aromatic carbocycles. The van der Waals surface area contributed by atoms with Gasteiger partial charge in [0.25, 0.3) is 11.8 Å². The largest absolute Gasteiger partial charge is 0.404 e. The third-order valence-electron chi connectivity index (χ3n) is 5.59. The number of nitrogens with two attached hydrogens (primary N) is 1. The molecule has 10 heteroatoms. The van der Waals surface area contributed by atoms with E-state index in [1.54, 1.807) is 18.3 Å². The molecule has 0 saturated heterocycles. The second-order valence-electron chi connectivity index (χ2n) is 8.20. The molecule has 1 aromatic heterocycles. The van der Waals surface area contributed by atoms with Crippen molar-refractivity contribution in [1.29, 1.82) is 0 Å². The van der Waals surface area contributed by atoms with E-state index in [4.69, 9.17) is 5.73 Å². The Bertz CT molecular complexity index is 1520. The summed E-state index contributed by atoms with van der Waals surface area (Å²) in [7, 11) is 0. The standard InChI is InChI=1S/C28H24F2N6O2/c1-2-36(17-19-8-10-23(29)24(30)13-19)27(38)22(14-31)26(37)32-15-18-9-11-25-20(12-18)16-33-28(35-25)34-21-6-4-3-5-7-21/h2-14,16H,1,15,17,31H2,(H,32,37)(H,33,34,35)/b22-14-. The minimum Gasteiger partial charge on any atom is -0.404 e. The molecule has 0 spiro atoms. The zero-order chi connectivity index (χ0) is 27.1. The predicted octanol–water partition coefficient (Wildman–Crippen LogP) is 4.28. The summed E-state index contributed by atoms with van der Waals surface area (Å²) in [5.74, 6) is -3.04. The van der Waals surface area contributed by atoms with Gasteiger partial charge in [-0.25, -0.2) is 18.7 Å². The Balaban J connectivity index is 1.40. The molecule has 4 aromatic rings. The summed E-state index contributed by atoms with van der Waals surface area (Å²) in [6.45, 7) is 3.55. The number of halogens is 2. The van der Waals surface area contributed by atoms with Crippen molar-refractivity contribution >= 4 is 34.4 Å². The number of nitrogens with one attached hydrogen (secondary N) is 2. The molecule has 0 atom stereocenters. The second-order valence-corrected chi connectivity index (χ2v) is 8.20. The van der Waals surface area contributed by atoms with E-state index in [0.717, 1.165) is 39.9 Å².